The molecule has 1 aliphatic rings. The topological polar surface area (TPSA) is 81.7 Å². The summed E-state index contributed by atoms with van der Waals surface area (Å²) in [6.07, 6.45) is 1.45. The number of benzene rings is 1. The molecule has 6 nitrogen and oxygen atoms in total. The van der Waals surface area contributed by atoms with Crippen LogP contribution in [0.3, 0.4) is 0 Å². The third-order valence-corrected chi connectivity index (χ3v) is 4.19. The maximum Gasteiger partial charge on any atom is 0.305 e. The van der Waals surface area contributed by atoms with Gasteiger partial charge in [0.2, 0.25) is 5.91 Å². The Labute approximate surface area is 138 Å². The van der Waals surface area contributed by atoms with Crippen molar-refractivity contribution in [3.8, 4) is 5.75 Å². The summed E-state index contributed by atoms with van der Waals surface area (Å²) in [4.78, 5) is 33.8. The number of rotatable bonds is 8. The molecule has 1 N–H and O–H groups in total. The summed E-state index contributed by atoms with van der Waals surface area (Å²) in [5, 5.41) is 1.62. The predicted octanol–water partition coefficient (Wildman–Crippen LogP) is 2.30. The van der Waals surface area contributed by atoms with Crippen molar-refractivity contribution in [3.05, 3.63) is 29.8 Å². The number of imide groups is 1. The van der Waals surface area contributed by atoms with Crippen molar-refractivity contribution in [2.24, 2.45) is 0 Å². The zero-order chi connectivity index (χ0) is 16.7. The third-order valence-electron chi connectivity index (χ3n) is 3.21. The summed E-state index contributed by atoms with van der Waals surface area (Å²) >= 11 is 1.02. The van der Waals surface area contributed by atoms with Crippen molar-refractivity contribution in [3.63, 3.8) is 0 Å². The number of thioether (sulfide) groups is 1. The lowest BCUT2D eigenvalue weighted by atomic mass is 10.1. The van der Waals surface area contributed by atoms with E-state index in [0.29, 0.717) is 38.2 Å². The Hall–Kier alpha value is -2.02. The van der Waals surface area contributed by atoms with Gasteiger partial charge < -0.3 is 9.47 Å². The van der Waals surface area contributed by atoms with Gasteiger partial charge in [-0.1, -0.05) is 23.9 Å². The van der Waals surface area contributed by atoms with E-state index in [1.54, 1.807) is 6.92 Å². The van der Waals surface area contributed by atoms with Crippen molar-refractivity contribution in [1.29, 1.82) is 0 Å². The predicted molar refractivity (Wildman–Crippen MR) is 86.4 cm³/mol. The summed E-state index contributed by atoms with van der Waals surface area (Å²) < 4.78 is 10.4. The number of amides is 2. The van der Waals surface area contributed by atoms with Crippen LogP contribution in [0.15, 0.2) is 24.3 Å². The number of nitrogens with one attached hydrogen (secondary N) is 1. The van der Waals surface area contributed by atoms with Crippen molar-refractivity contribution < 1.29 is 23.9 Å². The number of hydrogen-bond donors (Lipinski definition) is 1. The molecule has 0 aliphatic carbocycles. The molecule has 0 aromatic heterocycles. The molecule has 1 heterocycles. The molecule has 1 fully saturated rings. The molecule has 0 spiro atoms. The van der Waals surface area contributed by atoms with Crippen LogP contribution in [0.4, 0.5) is 4.79 Å². The summed E-state index contributed by atoms with van der Waals surface area (Å²) in [6, 6.07) is 7.38. The first-order valence-corrected chi connectivity index (χ1v) is 8.35. The SMILES string of the molecule is CCOC(=O)CCCOc1ccc(CC2SC(=O)NC2=O)cc1. The van der Waals surface area contributed by atoms with E-state index >= 15 is 0 Å². The van der Waals surface area contributed by atoms with E-state index < -0.39 is 0 Å². The van der Waals surface area contributed by atoms with Gasteiger partial charge in [0, 0.05) is 6.42 Å². The molecule has 1 atom stereocenters. The van der Waals surface area contributed by atoms with Crippen LogP contribution in [0.1, 0.15) is 25.3 Å². The second-order valence-electron chi connectivity index (χ2n) is 4.99. The van der Waals surface area contributed by atoms with E-state index in [2.05, 4.69) is 5.32 Å². The number of ether oxygens (including phenoxy) is 2. The van der Waals surface area contributed by atoms with Crippen LogP contribution >= 0.6 is 11.8 Å². The fraction of sp³-hybridized carbons (Fsp3) is 0.438. The highest BCUT2D eigenvalue weighted by molar-refractivity contribution is 8.15. The maximum absolute atomic E-state index is 11.5. The number of carbonyl (C=O) groups excluding carboxylic acids is 3. The maximum atomic E-state index is 11.5. The van der Waals surface area contributed by atoms with Crippen LogP contribution in [0.25, 0.3) is 0 Å². The van der Waals surface area contributed by atoms with Crippen LogP contribution in [0.5, 0.6) is 5.75 Å². The molecule has 2 rings (SSSR count). The van der Waals surface area contributed by atoms with Gasteiger partial charge in [-0.05, 0) is 37.5 Å². The monoisotopic (exact) mass is 337 g/mol. The quantitative estimate of drug-likeness (QED) is 0.579. The van der Waals surface area contributed by atoms with Crippen LogP contribution in [0.2, 0.25) is 0 Å². The van der Waals surface area contributed by atoms with Gasteiger partial charge in [0.15, 0.2) is 0 Å². The van der Waals surface area contributed by atoms with Crippen LogP contribution < -0.4 is 10.1 Å². The molecule has 0 radical (unpaired) electrons. The molecule has 1 aromatic carbocycles. The van der Waals surface area contributed by atoms with Crippen molar-refractivity contribution in [1.82, 2.24) is 5.32 Å². The standard InChI is InChI=1S/C16H19NO5S/c1-2-21-14(18)4-3-9-22-12-7-5-11(6-8-12)10-13-15(19)17-16(20)23-13/h5-8,13H,2-4,9-10H2,1H3,(H,17,19,20). The van der Waals surface area contributed by atoms with E-state index in [9.17, 15) is 14.4 Å². The molecular weight excluding hydrogens is 318 g/mol. The largest absolute Gasteiger partial charge is 0.494 e. The van der Waals surface area contributed by atoms with Gasteiger partial charge in [0.05, 0.1) is 18.5 Å². The average molecular weight is 337 g/mol. The summed E-state index contributed by atoms with van der Waals surface area (Å²) in [7, 11) is 0. The lowest BCUT2D eigenvalue weighted by Crippen LogP contribution is -2.25. The zero-order valence-corrected chi connectivity index (χ0v) is 13.7. The van der Waals surface area contributed by atoms with E-state index in [1.807, 2.05) is 24.3 Å². The first kappa shape index (κ1) is 17.3. The summed E-state index contributed by atoms with van der Waals surface area (Å²) in [5.74, 6) is 0.254. The van der Waals surface area contributed by atoms with Gasteiger partial charge in [0.25, 0.3) is 5.24 Å². The van der Waals surface area contributed by atoms with Crippen LogP contribution in [-0.2, 0) is 20.7 Å². The normalized spacial score (nSPS) is 17.0. The smallest absolute Gasteiger partial charge is 0.305 e. The van der Waals surface area contributed by atoms with Crippen molar-refractivity contribution >= 4 is 28.9 Å². The van der Waals surface area contributed by atoms with Crippen molar-refractivity contribution in [2.45, 2.75) is 31.4 Å². The average Bonchev–Trinajstić information content (AvgIpc) is 2.83. The Bertz CT molecular complexity index is 572. The fourth-order valence-corrected chi connectivity index (χ4v) is 2.96. The van der Waals surface area contributed by atoms with Crippen LogP contribution in [0, 0.1) is 0 Å². The highest BCUT2D eigenvalue weighted by Gasteiger charge is 2.31. The first-order chi connectivity index (χ1) is 11.1. The molecule has 0 saturated carbocycles. The lowest BCUT2D eigenvalue weighted by Gasteiger charge is -2.08. The molecule has 1 aromatic rings. The Kier molecular flexibility index (Phi) is 6.46. The molecule has 1 saturated heterocycles. The van der Waals surface area contributed by atoms with E-state index in [0.717, 1.165) is 17.3 Å². The molecule has 0 bridgehead atoms. The molecule has 1 unspecified atom stereocenters. The number of hydrogen-bond acceptors (Lipinski definition) is 6. The molecule has 124 valence electrons. The Morgan fingerprint density at radius 3 is 2.61 bits per heavy atom. The second kappa shape index (κ2) is 8.57. The second-order valence-corrected chi connectivity index (χ2v) is 6.16. The highest BCUT2D eigenvalue weighted by Crippen LogP contribution is 2.23. The molecule has 1 aliphatic heterocycles. The number of esters is 1. The van der Waals surface area contributed by atoms with E-state index in [4.69, 9.17) is 9.47 Å². The highest BCUT2D eigenvalue weighted by atomic mass is 32.2. The number of carbonyl (C=O) groups is 3. The minimum Gasteiger partial charge on any atom is -0.494 e. The molecule has 2 amide bonds. The molecular formula is C16H19NO5S. The molecule has 23 heavy (non-hydrogen) atoms. The van der Waals surface area contributed by atoms with Gasteiger partial charge in [0.1, 0.15) is 5.75 Å². The van der Waals surface area contributed by atoms with E-state index in [-0.39, 0.29) is 22.4 Å². The summed E-state index contributed by atoms with van der Waals surface area (Å²) in [6.45, 7) is 2.61. The van der Waals surface area contributed by atoms with Gasteiger partial charge in [-0.3, -0.25) is 19.7 Å². The lowest BCUT2D eigenvalue weighted by molar-refractivity contribution is -0.143. The minimum atomic E-state index is -0.362. The van der Waals surface area contributed by atoms with Gasteiger partial charge in [-0.2, -0.15) is 0 Å². The third kappa shape index (κ3) is 5.59. The zero-order valence-electron chi connectivity index (χ0n) is 12.9. The van der Waals surface area contributed by atoms with Gasteiger partial charge in [-0.15, -0.1) is 0 Å². The van der Waals surface area contributed by atoms with Gasteiger partial charge >= 0.3 is 5.97 Å². The minimum absolute atomic E-state index is 0.215. The summed E-state index contributed by atoms with van der Waals surface area (Å²) in [5.41, 5.74) is 0.964. The first-order valence-electron chi connectivity index (χ1n) is 7.47. The Morgan fingerprint density at radius 1 is 1.26 bits per heavy atom. The Balaban J connectivity index is 1.73. The fourth-order valence-electron chi connectivity index (χ4n) is 2.10. The van der Waals surface area contributed by atoms with E-state index in [1.165, 1.54) is 0 Å². The molecule has 7 heteroatoms. The van der Waals surface area contributed by atoms with Gasteiger partial charge in [-0.25, -0.2) is 0 Å². The Morgan fingerprint density at radius 2 is 2.00 bits per heavy atom. The van der Waals surface area contributed by atoms with Crippen molar-refractivity contribution in [2.75, 3.05) is 13.2 Å². The van der Waals surface area contributed by atoms with Crippen LogP contribution in [-0.4, -0.2) is 35.6 Å².